The van der Waals surface area contributed by atoms with Crippen molar-refractivity contribution in [3.63, 3.8) is 0 Å². The van der Waals surface area contributed by atoms with E-state index in [-0.39, 0.29) is 5.91 Å². The fraction of sp³-hybridized carbons (Fsp3) is 0.154. The number of thiophene rings is 1. The highest BCUT2D eigenvalue weighted by Crippen LogP contribution is 2.37. The standard InChI is InChI=1S/C13H10BrCl2NO2S/c1-2-19-12-8(14)5-7(15)6-9(12)17-13(18)10-3-4-11(16)20-10/h3-6H,2H2,1H3,(H,17,18). The largest absolute Gasteiger partial charge is 0.491 e. The van der Waals surface area contributed by atoms with E-state index >= 15 is 0 Å². The van der Waals surface area contributed by atoms with Gasteiger partial charge in [0.1, 0.15) is 0 Å². The number of rotatable bonds is 4. The third-order valence-electron chi connectivity index (χ3n) is 2.34. The minimum atomic E-state index is -0.253. The number of anilines is 1. The summed E-state index contributed by atoms with van der Waals surface area (Å²) in [6, 6.07) is 6.70. The molecule has 0 saturated heterocycles. The van der Waals surface area contributed by atoms with Crippen molar-refractivity contribution in [1.29, 1.82) is 0 Å². The lowest BCUT2D eigenvalue weighted by Gasteiger charge is -2.13. The molecule has 0 aliphatic rings. The van der Waals surface area contributed by atoms with E-state index in [1.54, 1.807) is 24.3 Å². The van der Waals surface area contributed by atoms with Gasteiger partial charge in [-0.05, 0) is 47.1 Å². The Bertz CT molecular complexity index is 645. The number of nitrogens with one attached hydrogen (secondary N) is 1. The predicted octanol–water partition coefficient (Wildman–Crippen LogP) is 5.47. The first-order valence-electron chi connectivity index (χ1n) is 5.69. The maximum atomic E-state index is 12.1. The Morgan fingerprint density at radius 3 is 2.75 bits per heavy atom. The zero-order chi connectivity index (χ0) is 14.7. The maximum Gasteiger partial charge on any atom is 0.265 e. The van der Waals surface area contributed by atoms with Crippen LogP contribution >= 0.6 is 50.5 Å². The van der Waals surface area contributed by atoms with Gasteiger partial charge in [0, 0.05) is 5.02 Å². The van der Waals surface area contributed by atoms with Gasteiger partial charge in [0.25, 0.3) is 5.91 Å². The van der Waals surface area contributed by atoms with Crippen LogP contribution in [0.5, 0.6) is 5.75 Å². The van der Waals surface area contributed by atoms with Crippen LogP contribution in [0.2, 0.25) is 9.36 Å². The smallest absolute Gasteiger partial charge is 0.265 e. The van der Waals surface area contributed by atoms with Gasteiger partial charge >= 0.3 is 0 Å². The second kappa shape index (κ2) is 6.80. The highest BCUT2D eigenvalue weighted by molar-refractivity contribution is 9.10. The summed E-state index contributed by atoms with van der Waals surface area (Å²) in [5.41, 5.74) is 0.515. The first-order valence-corrected chi connectivity index (χ1v) is 8.06. The van der Waals surface area contributed by atoms with E-state index in [0.717, 1.165) is 0 Å². The second-order valence-corrected chi connectivity index (χ2v) is 6.76. The predicted molar refractivity (Wildman–Crippen MR) is 87.6 cm³/mol. The Balaban J connectivity index is 2.30. The van der Waals surface area contributed by atoms with E-state index in [0.29, 0.717) is 36.8 Å². The summed E-state index contributed by atoms with van der Waals surface area (Å²) >= 11 is 16.4. The van der Waals surface area contributed by atoms with Gasteiger partial charge in [0.2, 0.25) is 0 Å². The topological polar surface area (TPSA) is 38.3 Å². The molecule has 106 valence electrons. The molecule has 0 atom stereocenters. The molecule has 0 aliphatic carbocycles. The molecule has 1 aromatic carbocycles. The Kier molecular flexibility index (Phi) is 5.32. The molecule has 0 spiro atoms. The van der Waals surface area contributed by atoms with Gasteiger partial charge < -0.3 is 10.1 Å². The summed E-state index contributed by atoms with van der Waals surface area (Å²) in [6.07, 6.45) is 0. The van der Waals surface area contributed by atoms with E-state index in [4.69, 9.17) is 27.9 Å². The van der Waals surface area contributed by atoms with Crippen LogP contribution in [0.3, 0.4) is 0 Å². The normalized spacial score (nSPS) is 10.4. The van der Waals surface area contributed by atoms with E-state index < -0.39 is 0 Å². The van der Waals surface area contributed by atoms with E-state index in [9.17, 15) is 4.79 Å². The molecule has 0 bridgehead atoms. The number of carbonyl (C=O) groups excluding carboxylic acids is 1. The van der Waals surface area contributed by atoms with Gasteiger partial charge in [-0.15, -0.1) is 11.3 Å². The van der Waals surface area contributed by atoms with Crippen LogP contribution in [0.4, 0.5) is 5.69 Å². The Morgan fingerprint density at radius 1 is 1.40 bits per heavy atom. The first kappa shape index (κ1) is 15.6. The second-order valence-electron chi connectivity index (χ2n) is 3.76. The van der Waals surface area contributed by atoms with Gasteiger partial charge in [0.15, 0.2) is 5.75 Å². The molecule has 0 radical (unpaired) electrons. The van der Waals surface area contributed by atoms with Crippen molar-refractivity contribution < 1.29 is 9.53 Å². The fourth-order valence-corrected chi connectivity index (χ4v) is 3.43. The van der Waals surface area contributed by atoms with Crippen molar-refractivity contribution in [2.45, 2.75) is 6.92 Å². The van der Waals surface area contributed by atoms with Crippen molar-refractivity contribution in [2.24, 2.45) is 0 Å². The van der Waals surface area contributed by atoms with Gasteiger partial charge in [-0.25, -0.2) is 0 Å². The minimum Gasteiger partial charge on any atom is -0.491 e. The van der Waals surface area contributed by atoms with Crippen LogP contribution in [0, 0.1) is 0 Å². The van der Waals surface area contributed by atoms with Crippen LogP contribution in [0.25, 0.3) is 0 Å². The average Bonchev–Trinajstić information content (AvgIpc) is 2.80. The van der Waals surface area contributed by atoms with Crippen LogP contribution in [0.15, 0.2) is 28.7 Å². The lowest BCUT2D eigenvalue weighted by atomic mass is 10.3. The molecule has 0 unspecified atom stereocenters. The van der Waals surface area contributed by atoms with Crippen LogP contribution in [-0.2, 0) is 0 Å². The number of benzene rings is 1. The van der Waals surface area contributed by atoms with Crippen molar-refractivity contribution in [3.05, 3.63) is 43.0 Å². The van der Waals surface area contributed by atoms with E-state index in [1.807, 2.05) is 6.92 Å². The monoisotopic (exact) mass is 393 g/mol. The number of ether oxygens (including phenoxy) is 1. The van der Waals surface area contributed by atoms with Crippen LogP contribution in [-0.4, -0.2) is 12.5 Å². The van der Waals surface area contributed by atoms with Crippen molar-refractivity contribution in [1.82, 2.24) is 0 Å². The molecule has 0 aliphatic heterocycles. The summed E-state index contributed by atoms with van der Waals surface area (Å²) in [5.74, 6) is 0.296. The molecule has 2 aromatic rings. The highest BCUT2D eigenvalue weighted by atomic mass is 79.9. The number of carbonyl (C=O) groups is 1. The van der Waals surface area contributed by atoms with Gasteiger partial charge in [-0.2, -0.15) is 0 Å². The van der Waals surface area contributed by atoms with Gasteiger partial charge in [-0.3, -0.25) is 4.79 Å². The van der Waals surface area contributed by atoms with Crippen molar-refractivity contribution in [2.75, 3.05) is 11.9 Å². The molecule has 1 amide bonds. The third-order valence-corrected chi connectivity index (χ3v) is 4.38. The number of hydrogen-bond acceptors (Lipinski definition) is 3. The summed E-state index contributed by atoms with van der Waals surface area (Å²) in [5, 5.41) is 3.28. The lowest BCUT2D eigenvalue weighted by molar-refractivity contribution is 0.103. The van der Waals surface area contributed by atoms with E-state index in [1.165, 1.54) is 11.3 Å². The van der Waals surface area contributed by atoms with E-state index in [2.05, 4.69) is 21.2 Å². The summed E-state index contributed by atoms with van der Waals surface area (Å²) in [7, 11) is 0. The van der Waals surface area contributed by atoms with Crippen molar-refractivity contribution >= 4 is 62.1 Å². The Hall–Kier alpha value is -0.750. The number of hydrogen-bond donors (Lipinski definition) is 1. The minimum absolute atomic E-state index is 0.253. The van der Waals surface area contributed by atoms with Crippen molar-refractivity contribution in [3.8, 4) is 5.75 Å². The average molecular weight is 395 g/mol. The molecule has 1 heterocycles. The van der Waals surface area contributed by atoms with Gasteiger partial charge in [-0.1, -0.05) is 23.2 Å². The fourth-order valence-electron chi connectivity index (χ4n) is 1.56. The quantitative estimate of drug-likeness (QED) is 0.746. The molecule has 7 heteroatoms. The highest BCUT2D eigenvalue weighted by Gasteiger charge is 2.15. The zero-order valence-corrected chi connectivity index (χ0v) is 14.3. The SMILES string of the molecule is CCOc1c(Br)cc(Cl)cc1NC(=O)c1ccc(Cl)s1. The summed E-state index contributed by atoms with van der Waals surface area (Å²) in [4.78, 5) is 12.7. The molecule has 2 rings (SSSR count). The Morgan fingerprint density at radius 2 is 2.15 bits per heavy atom. The molecule has 0 fully saturated rings. The molecule has 1 aromatic heterocycles. The summed E-state index contributed by atoms with van der Waals surface area (Å²) in [6.45, 7) is 2.35. The van der Waals surface area contributed by atoms with Crippen LogP contribution in [0.1, 0.15) is 16.6 Å². The third kappa shape index (κ3) is 3.67. The summed E-state index contributed by atoms with van der Waals surface area (Å²) < 4.78 is 6.77. The molecule has 3 nitrogen and oxygen atoms in total. The Labute approximate surface area is 139 Å². The lowest BCUT2D eigenvalue weighted by Crippen LogP contribution is -2.11. The molecular weight excluding hydrogens is 385 g/mol. The molecule has 20 heavy (non-hydrogen) atoms. The number of amides is 1. The first-order chi connectivity index (χ1) is 9.51. The number of halogens is 3. The maximum absolute atomic E-state index is 12.1. The molecule has 1 N–H and O–H groups in total. The zero-order valence-electron chi connectivity index (χ0n) is 10.4. The van der Waals surface area contributed by atoms with Crippen LogP contribution < -0.4 is 10.1 Å². The molecular formula is C13H10BrCl2NO2S. The van der Waals surface area contributed by atoms with Gasteiger partial charge in [0.05, 0.1) is 26.0 Å². The molecule has 0 saturated carbocycles.